The van der Waals surface area contributed by atoms with Crippen molar-refractivity contribution in [3.8, 4) is 0 Å². The number of carbonyl (C=O) groups excluding carboxylic acids is 3. The highest BCUT2D eigenvalue weighted by molar-refractivity contribution is 6.00. The van der Waals surface area contributed by atoms with E-state index in [1.165, 1.54) is 0 Å². The third kappa shape index (κ3) is 5.20. The zero-order valence-corrected chi connectivity index (χ0v) is 18.9. The van der Waals surface area contributed by atoms with Crippen molar-refractivity contribution in [3.63, 3.8) is 0 Å². The van der Waals surface area contributed by atoms with Crippen LogP contribution in [0.3, 0.4) is 0 Å². The molecule has 1 N–H and O–H groups in total. The van der Waals surface area contributed by atoms with E-state index in [-0.39, 0.29) is 24.5 Å². The Kier molecular flexibility index (Phi) is 7.57. The highest BCUT2D eigenvalue weighted by Crippen LogP contribution is 2.34. The van der Waals surface area contributed by atoms with Gasteiger partial charge in [-0.25, -0.2) is 4.79 Å². The first-order chi connectivity index (χ1) is 14.9. The largest absolute Gasteiger partial charge is 0.445 e. The standard InChI is InChI=1S/C24H35N3O4/c1-4-5-13-27-21(28)20(16-18(2)3)25-22(29)24(27)11-14-26(15-12-24)23(30)31-17-19-9-7-6-8-10-19/h6-10,18,20H,4-5,11-17H2,1-3H3,(H,25,29). The molecule has 1 atom stereocenters. The van der Waals surface area contributed by atoms with Crippen LogP contribution in [0.25, 0.3) is 0 Å². The Morgan fingerprint density at radius 3 is 2.48 bits per heavy atom. The van der Waals surface area contributed by atoms with Crippen LogP contribution in [0, 0.1) is 5.92 Å². The minimum Gasteiger partial charge on any atom is -0.445 e. The Bertz CT molecular complexity index is 772. The summed E-state index contributed by atoms with van der Waals surface area (Å²) in [4.78, 5) is 42.5. The average Bonchev–Trinajstić information content (AvgIpc) is 2.77. The SMILES string of the molecule is CCCCN1C(=O)C(CC(C)C)NC(=O)C12CCN(C(=O)OCc1ccccc1)CC2. The maximum absolute atomic E-state index is 13.3. The molecule has 7 nitrogen and oxygen atoms in total. The molecule has 31 heavy (non-hydrogen) atoms. The molecule has 0 radical (unpaired) electrons. The van der Waals surface area contributed by atoms with Crippen molar-refractivity contribution in [1.82, 2.24) is 15.1 Å². The first kappa shape index (κ1) is 23.1. The van der Waals surface area contributed by atoms with Crippen LogP contribution in [-0.2, 0) is 20.9 Å². The maximum Gasteiger partial charge on any atom is 0.410 e. The second-order valence-electron chi connectivity index (χ2n) is 9.06. The van der Waals surface area contributed by atoms with Crippen LogP contribution >= 0.6 is 0 Å². The molecule has 2 fully saturated rings. The number of rotatable bonds is 7. The van der Waals surface area contributed by atoms with Crippen LogP contribution in [0.4, 0.5) is 4.79 Å². The zero-order valence-electron chi connectivity index (χ0n) is 18.9. The topological polar surface area (TPSA) is 79.0 Å². The molecule has 3 amide bonds. The summed E-state index contributed by atoms with van der Waals surface area (Å²) >= 11 is 0. The minimum atomic E-state index is -0.865. The van der Waals surface area contributed by atoms with Crippen molar-refractivity contribution in [2.24, 2.45) is 5.92 Å². The third-order valence-corrected chi connectivity index (χ3v) is 6.31. The van der Waals surface area contributed by atoms with E-state index in [4.69, 9.17) is 4.74 Å². The molecule has 170 valence electrons. The van der Waals surface area contributed by atoms with Gasteiger partial charge >= 0.3 is 6.09 Å². The summed E-state index contributed by atoms with van der Waals surface area (Å²) in [6, 6.07) is 9.10. The molecule has 0 aliphatic carbocycles. The van der Waals surface area contributed by atoms with Gasteiger partial charge in [-0.2, -0.15) is 0 Å². The number of ether oxygens (including phenoxy) is 1. The summed E-state index contributed by atoms with van der Waals surface area (Å²) in [5, 5.41) is 2.99. The lowest BCUT2D eigenvalue weighted by molar-refractivity contribution is -0.161. The molecule has 1 unspecified atom stereocenters. The Balaban J connectivity index is 1.66. The van der Waals surface area contributed by atoms with Crippen molar-refractivity contribution in [3.05, 3.63) is 35.9 Å². The van der Waals surface area contributed by atoms with Crippen LogP contribution < -0.4 is 5.32 Å². The molecule has 2 aliphatic heterocycles. The van der Waals surface area contributed by atoms with Crippen LogP contribution in [0.15, 0.2) is 30.3 Å². The van der Waals surface area contributed by atoms with Gasteiger partial charge in [0.2, 0.25) is 11.8 Å². The predicted molar refractivity (Wildman–Crippen MR) is 118 cm³/mol. The van der Waals surface area contributed by atoms with Gasteiger partial charge in [-0.05, 0) is 37.2 Å². The number of piperazine rings is 1. The fourth-order valence-electron chi connectivity index (χ4n) is 4.51. The van der Waals surface area contributed by atoms with E-state index in [0.29, 0.717) is 44.8 Å². The van der Waals surface area contributed by atoms with Gasteiger partial charge < -0.3 is 19.9 Å². The normalized spacial score (nSPS) is 20.8. The van der Waals surface area contributed by atoms with Crippen molar-refractivity contribution in [1.29, 1.82) is 0 Å². The summed E-state index contributed by atoms with van der Waals surface area (Å²) in [6.45, 7) is 7.78. The van der Waals surface area contributed by atoms with Gasteiger partial charge in [0.05, 0.1) is 0 Å². The molecule has 1 aromatic rings. The summed E-state index contributed by atoms with van der Waals surface area (Å²) in [5.41, 5.74) is 0.0687. The second-order valence-corrected chi connectivity index (χ2v) is 9.06. The number of carbonyl (C=O) groups is 3. The lowest BCUT2D eigenvalue weighted by atomic mass is 9.81. The molecule has 1 aromatic carbocycles. The van der Waals surface area contributed by atoms with Gasteiger partial charge in [0.1, 0.15) is 18.2 Å². The number of likely N-dealkylation sites (tertiary alicyclic amines) is 1. The number of amides is 3. The number of benzene rings is 1. The molecule has 7 heteroatoms. The summed E-state index contributed by atoms with van der Waals surface area (Å²) in [7, 11) is 0. The van der Waals surface area contributed by atoms with E-state index in [2.05, 4.69) is 26.1 Å². The number of nitrogens with one attached hydrogen (secondary N) is 1. The quantitative estimate of drug-likeness (QED) is 0.721. The van der Waals surface area contributed by atoms with E-state index >= 15 is 0 Å². The molecular formula is C24H35N3O4. The van der Waals surface area contributed by atoms with Gasteiger partial charge in [0.15, 0.2) is 0 Å². The number of hydrogen-bond donors (Lipinski definition) is 1. The molecular weight excluding hydrogens is 394 g/mol. The maximum atomic E-state index is 13.3. The molecule has 0 aromatic heterocycles. The average molecular weight is 430 g/mol. The molecule has 0 bridgehead atoms. The highest BCUT2D eigenvalue weighted by Gasteiger charge is 2.53. The van der Waals surface area contributed by atoms with Gasteiger partial charge in [-0.3, -0.25) is 9.59 Å². The van der Waals surface area contributed by atoms with Crippen LogP contribution in [0.5, 0.6) is 0 Å². The van der Waals surface area contributed by atoms with Crippen molar-refractivity contribution < 1.29 is 19.1 Å². The molecule has 2 aliphatic rings. The van der Waals surface area contributed by atoms with Crippen LogP contribution in [-0.4, -0.2) is 58.9 Å². The predicted octanol–water partition coefficient (Wildman–Crippen LogP) is 3.33. The number of hydrogen-bond acceptors (Lipinski definition) is 4. The second kappa shape index (κ2) is 10.2. The molecule has 3 rings (SSSR count). The summed E-state index contributed by atoms with van der Waals surface area (Å²) < 4.78 is 5.45. The van der Waals surface area contributed by atoms with Crippen molar-refractivity contribution in [2.45, 2.75) is 71.1 Å². The third-order valence-electron chi connectivity index (χ3n) is 6.31. The monoisotopic (exact) mass is 429 g/mol. The van der Waals surface area contributed by atoms with Gasteiger partial charge in [-0.15, -0.1) is 0 Å². The molecule has 2 heterocycles. The summed E-state index contributed by atoms with van der Waals surface area (Å²) in [6.07, 6.45) is 2.94. The lowest BCUT2D eigenvalue weighted by Gasteiger charge is -2.51. The first-order valence-corrected chi connectivity index (χ1v) is 11.5. The van der Waals surface area contributed by atoms with Gasteiger partial charge in [0.25, 0.3) is 0 Å². The van der Waals surface area contributed by atoms with E-state index in [1.807, 2.05) is 35.2 Å². The summed E-state index contributed by atoms with van der Waals surface area (Å²) in [5.74, 6) is 0.255. The molecule has 2 saturated heterocycles. The lowest BCUT2D eigenvalue weighted by Crippen LogP contribution is -2.73. The highest BCUT2D eigenvalue weighted by atomic mass is 16.6. The van der Waals surface area contributed by atoms with Crippen LogP contribution in [0.2, 0.25) is 0 Å². The number of unbranched alkanes of at least 4 members (excludes halogenated alkanes) is 1. The van der Waals surface area contributed by atoms with Gasteiger partial charge in [0, 0.05) is 19.6 Å². The fourth-order valence-corrected chi connectivity index (χ4v) is 4.51. The Hall–Kier alpha value is -2.57. The zero-order chi connectivity index (χ0) is 22.4. The number of nitrogens with zero attached hydrogens (tertiary/aromatic N) is 2. The number of piperidine rings is 1. The van der Waals surface area contributed by atoms with Crippen molar-refractivity contribution >= 4 is 17.9 Å². The minimum absolute atomic E-state index is 0.0156. The van der Waals surface area contributed by atoms with Gasteiger partial charge in [-0.1, -0.05) is 57.5 Å². The fraction of sp³-hybridized carbons (Fsp3) is 0.625. The Morgan fingerprint density at radius 1 is 1.19 bits per heavy atom. The van der Waals surface area contributed by atoms with Crippen molar-refractivity contribution in [2.75, 3.05) is 19.6 Å². The first-order valence-electron chi connectivity index (χ1n) is 11.5. The van der Waals surface area contributed by atoms with E-state index in [1.54, 1.807) is 4.90 Å². The molecule has 0 saturated carbocycles. The smallest absolute Gasteiger partial charge is 0.410 e. The van der Waals surface area contributed by atoms with E-state index in [9.17, 15) is 14.4 Å². The van der Waals surface area contributed by atoms with E-state index in [0.717, 1.165) is 18.4 Å². The van der Waals surface area contributed by atoms with Crippen LogP contribution in [0.1, 0.15) is 58.4 Å². The van der Waals surface area contributed by atoms with E-state index < -0.39 is 11.6 Å². The molecule has 1 spiro atoms. The Morgan fingerprint density at radius 2 is 1.87 bits per heavy atom. The Labute approximate surface area is 185 Å².